The van der Waals surface area contributed by atoms with Gasteiger partial charge in [0.2, 0.25) is 7.50 Å². The van der Waals surface area contributed by atoms with Gasteiger partial charge in [0, 0.05) is 11.4 Å². The fourth-order valence-electron chi connectivity index (χ4n) is 1.96. The summed E-state index contributed by atoms with van der Waals surface area (Å²) >= 11 is 1.83. The van der Waals surface area contributed by atoms with Crippen molar-refractivity contribution in [2.24, 2.45) is 0 Å². The highest BCUT2D eigenvalue weighted by Crippen LogP contribution is 2.60. The van der Waals surface area contributed by atoms with Crippen molar-refractivity contribution in [3.05, 3.63) is 59.7 Å². The summed E-state index contributed by atoms with van der Waals surface area (Å²) in [4.78, 5) is 1.35. The summed E-state index contributed by atoms with van der Waals surface area (Å²) in [6.45, 7) is 3.05. The summed E-state index contributed by atoms with van der Waals surface area (Å²) < 4.78 is 8.43. The standard InChI is InChI=1S/C15H16NOPS/c1-12-7-9-14(10-8-12)17-18-16(2)11-13-5-3-4-6-15(13)19-18/h3-10H,11H2,1-2H3. The molecule has 0 saturated heterocycles. The summed E-state index contributed by atoms with van der Waals surface area (Å²) in [6, 6.07) is 16.8. The lowest BCUT2D eigenvalue weighted by Crippen LogP contribution is -2.17. The maximum Gasteiger partial charge on any atom is 0.233 e. The van der Waals surface area contributed by atoms with Gasteiger partial charge in [0.15, 0.2) is 0 Å². The van der Waals surface area contributed by atoms with Gasteiger partial charge >= 0.3 is 0 Å². The fourth-order valence-corrected chi connectivity index (χ4v) is 5.40. The van der Waals surface area contributed by atoms with Crippen LogP contribution in [0.25, 0.3) is 0 Å². The van der Waals surface area contributed by atoms with E-state index in [0.29, 0.717) is 0 Å². The molecule has 0 saturated carbocycles. The van der Waals surface area contributed by atoms with Crippen LogP contribution < -0.4 is 4.52 Å². The predicted molar refractivity (Wildman–Crippen MR) is 82.5 cm³/mol. The van der Waals surface area contributed by atoms with Crippen LogP contribution in [0.2, 0.25) is 0 Å². The zero-order valence-corrected chi connectivity index (χ0v) is 12.7. The maximum absolute atomic E-state index is 6.13. The molecular formula is C15H16NOPS. The van der Waals surface area contributed by atoms with E-state index in [1.165, 1.54) is 16.0 Å². The highest BCUT2D eigenvalue weighted by Gasteiger charge is 2.26. The Balaban J connectivity index is 1.77. The molecule has 2 aromatic rings. The minimum absolute atomic E-state index is 0.655. The second-order valence-corrected chi connectivity index (χ2v) is 8.11. The third kappa shape index (κ3) is 2.94. The molecule has 1 aliphatic rings. The third-order valence-corrected chi connectivity index (χ3v) is 6.97. The number of fused-ring (bicyclic) bond motifs is 1. The van der Waals surface area contributed by atoms with E-state index in [4.69, 9.17) is 4.52 Å². The monoisotopic (exact) mass is 289 g/mol. The summed E-state index contributed by atoms with van der Waals surface area (Å²) in [6.07, 6.45) is 0. The zero-order chi connectivity index (χ0) is 13.2. The second-order valence-electron chi connectivity index (χ2n) is 4.66. The van der Waals surface area contributed by atoms with Crippen LogP contribution in [0.1, 0.15) is 11.1 Å². The minimum atomic E-state index is -0.655. The van der Waals surface area contributed by atoms with Crippen molar-refractivity contribution in [1.82, 2.24) is 4.67 Å². The Kier molecular flexibility index (Phi) is 3.79. The number of rotatable bonds is 2. The third-order valence-electron chi connectivity index (χ3n) is 3.03. The van der Waals surface area contributed by atoms with Gasteiger partial charge in [-0.05, 0) is 49.1 Å². The molecule has 0 aliphatic carbocycles. The second kappa shape index (κ2) is 5.54. The molecule has 2 nitrogen and oxygen atoms in total. The topological polar surface area (TPSA) is 12.5 Å². The van der Waals surface area contributed by atoms with E-state index in [9.17, 15) is 0 Å². The number of nitrogens with zero attached hydrogens (tertiary/aromatic N) is 1. The Bertz CT molecular complexity index is 573. The highest BCUT2D eigenvalue weighted by atomic mass is 32.7. The van der Waals surface area contributed by atoms with Crippen LogP contribution >= 0.6 is 18.9 Å². The van der Waals surface area contributed by atoms with Crippen molar-refractivity contribution >= 4 is 18.9 Å². The van der Waals surface area contributed by atoms with Crippen molar-refractivity contribution in [1.29, 1.82) is 0 Å². The van der Waals surface area contributed by atoms with Gasteiger partial charge in [-0.2, -0.15) is 0 Å². The summed E-state index contributed by atoms with van der Waals surface area (Å²) in [5.74, 6) is 0.954. The largest absolute Gasteiger partial charge is 0.448 e. The first-order valence-electron chi connectivity index (χ1n) is 6.24. The van der Waals surface area contributed by atoms with Crippen LogP contribution in [-0.4, -0.2) is 11.7 Å². The Morgan fingerprint density at radius 3 is 2.63 bits per heavy atom. The normalized spacial score (nSPS) is 18.9. The lowest BCUT2D eigenvalue weighted by molar-refractivity contribution is 0.477. The van der Waals surface area contributed by atoms with Gasteiger partial charge in [0.25, 0.3) is 0 Å². The van der Waals surface area contributed by atoms with Crippen LogP contribution in [0.4, 0.5) is 0 Å². The number of hydrogen-bond acceptors (Lipinski definition) is 3. The molecule has 0 amide bonds. The zero-order valence-electron chi connectivity index (χ0n) is 11.0. The molecule has 19 heavy (non-hydrogen) atoms. The Hall–Kier alpha value is -1.02. The van der Waals surface area contributed by atoms with Crippen LogP contribution in [0, 0.1) is 6.92 Å². The van der Waals surface area contributed by atoms with Gasteiger partial charge in [-0.15, -0.1) is 0 Å². The molecule has 1 atom stereocenters. The molecule has 0 N–H and O–H groups in total. The maximum atomic E-state index is 6.13. The van der Waals surface area contributed by atoms with E-state index in [2.05, 4.69) is 55.0 Å². The molecule has 1 unspecified atom stereocenters. The van der Waals surface area contributed by atoms with Crippen molar-refractivity contribution in [3.8, 4) is 5.75 Å². The first-order chi connectivity index (χ1) is 9.22. The van der Waals surface area contributed by atoms with Crippen molar-refractivity contribution < 1.29 is 4.52 Å². The van der Waals surface area contributed by atoms with Gasteiger partial charge < -0.3 is 4.52 Å². The molecule has 0 radical (unpaired) electrons. The smallest absolute Gasteiger partial charge is 0.233 e. The van der Waals surface area contributed by atoms with Crippen molar-refractivity contribution in [2.75, 3.05) is 7.05 Å². The average molecular weight is 289 g/mol. The van der Waals surface area contributed by atoms with E-state index in [0.717, 1.165) is 12.3 Å². The van der Waals surface area contributed by atoms with E-state index in [1.54, 1.807) is 0 Å². The van der Waals surface area contributed by atoms with Crippen LogP contribution in [0.3, 0.4) is 0 Å². The molecule has 1 heterocycles. The van der Waals surface area contributed by atoms with Crippen molar-refractivity contribution in [2.45, 2.75) is 18.4 Å². The molecule has 2 aromatic carbocycles. The molecule has 4 heteroatoms. The summed E-state index contributed by atoms with van der Waals surface area (Å²) in [7, 11) is 1.47. The van der Waals surface area contributed by atoms with E-state index >= 15 is 0 Å². The molecule has 98 valence electrons. The Morgan fingerprint density at radius 1 is 1.11 bits per heavy atom. The lowest BCUT2D eigenvalue weighted by Gasteiger charge is -2.31. The highest BCUT2D eigenvalue weighted by molar-refractivity contribution is 8.53. The van der Waals surface area contributed by atoms with E-state index in [1.807, 2.05) is 23.5 Å². The Morgan fingerprint density at radius 2 is 1.84 bits per heavy atom. The molecular weight excluding hydrogens is 273 g/mol. The van der Waals surface area contributed by atoms with Gasteiger partial charge in [-0.25, -0.2) is 4.67 Å². The first kappa shape index (κ1) is 13.0. The van der Waals surface area contributed by atoms with Crippen LogP contribution in [0.5, 0.6) is 5.75 Å². The van der Waals surface area contributed by atoms with E-state index in [-0.39, 0.29) is 0 Å². The number of benzene rings is 2. The molecule has 3 rings (SSSR count). The first-order valence-corrected chi connectivity index (χ1v) is 8.87. The van der Waals surface area contributed by atoms with Gasteiger partial charge in [-0.1, -0.05) is 35.9 Å². The average Bonchev–Trinajstić information content (AvgIpc) is 2.42. The van der Waals surface area contributed by atoms with E-state index < -0.39 is 7.50 Å². The predicted octanol–water partition coefficient (Wildman–Crippen LogP) is 4.84. The Labute approximate surface area is 119 Å². The quantitative estimate of drug-likeness (QED) is 0.734. The molecule has 0 spiro atoms. The van der Waals surface area contributed by atoms with Gasteiger partial charge in [-0.3, -0.25) is 0 Å². The van der Waals surface area contributed by atoms with Gasteiger partial charge in [0.05, 0.1) is 0 Å². The summed E-state index contributed by atoms with van der Waals surface area (Å²) in [5, 5.41) is 0. The number of aryl methyl sites for hydroxylation is 1. The SMILES string of the molecule is Cc1ccc(OP2Sc3ccccc3CN2C)cc1. The molecule has 1 aliphatic heterocycles. The number of hydrogen-bond donors (Lipinski definition) is 0. The molecule has 0 fully saturated rings. The lowest BCUT2D eigenvalue weighted by atomic mass is 10.2. The summed E-state index contributed by atoms with van der Waals surface area (Å²) in [5.41, 5.74) is 2.65. The van der Waals surface area contributed by atoms with Crippen LogP contribution in [0.15, 0.2) is 53.4 Å². The minimum Gasteiger partial charge on any atom is -0.448 e. The molecule has 0 bridgehead atoms. The van der Waals surface area contributed by atoms with Crippen LogP contribution in [-0.2, 0) is 6.54 Å². The fraction of sp³-hybridized carbons (Fsp3) is 0.200. The molecule has 0 aromatic heterocycles. The van der Waals surface area contributed by atoms with Gasteiger partial charge in [0.1, 0.15) is 5.75 Å². The van der Waals surface area contributed by atoms with Crippen molar-refractivity contribution in [3.63, 3.8) is 0 Å².